The lowest BCUT2D eigenvalue weighted by Gasteiger charge is -2.27. The highest BCUT2D eigenvalue weighted by Crippen LogP contribution is 2.37. The number of anilines is 2. The van der Waals surface area contributed by atoms with Crippen molar-refractivity contribution in [3.05, 3.63) is 53.1 Å². The van der Waals surface area contributed by atoms with Crippen molar-refractivity contribution in [2.45, 2.75) is 43.7 Å². The molecule has 0 aromatic heterocycles. The fourth-order valence-electron chi connectivity index (χ4n) is 2.90. The number of fused-ring (bicyclic) bond motifs is 1. The second-order valence-electron chi connectivity index (χ2n) is 7.67. The highest BCUT2D eigenvalue weighted by molar-refractivity contribution is 7.99. The van der Waals surface area contributed by atoms with Crippen LogP contribution in [0.1, 0.15) is 38.8 Å². The van der Waals surface area contributed by atoms with Gasteiger partial charge in [0, 0.05) is 27.0 Å². The van der Waals surface area contributed by atoms with Gasteiger partial charge in [0.05, 0.1) is 6.04 Å². The third-order valence-corrected chi connectivity index (χ3v) is 5.48. The molecule has 3 rings (SSSR count). The smallest absolute Gasteiger partial charge is 0.412 e. The summed E-state index contributed by atoms with van der Waals surface area (Å²) in [7, 11) is 0. The SMILES string of the molecule is CC(C)(C)OC(=O)Nc1ccc2c(c1)[C@H](NC(=O)Nc1ccc(Cl)cc1)CCS2. The maximum absolute atomic E-state index is 12.4. The zero-order valence-corrected chi connectivity index (χ0v) is 18.1. The van der Waals surface area contributed by atoms with Gasteiger partial charge in [-0.05, 0) is 75.2 Å². The lowest BCUT2D eigenvalue weighted by atomic mass is 10.0. The topological polar surface area (TPSA) is 79.5 Å². The number of ether oxygens (including phenoxy) is 1. The maximum Gasteiger partial charge on any atom is 0.412 e. The summed E-state index contributed by atoms with van der Waals surface area (Å²) >= 11 is 7.61. The van der Waals surface area contributed by atoms with E-state index in [1.54, 1.807) is 36.0 Å². The Bertz CT molecular complexity index is 897. The Balaban J connectivity index is 1.69. The number of halogens is 1. The third-order valence-electron chi connectivity index (χ3n) is 4.10. The van der Waals surface area contributed by atoms with E-state index in [1.807, 2.05) is 39.0 Å². The van der Waals surface area contributed by atoms with E-state index in [0.29, 0.717) is 16.4 Å². The van der Waals surface area contributed by atoms with Crippen LogP contribution in [0.5, 0.6) is 0 Å². The fourth-order valence-corrected chi connectivity index (χ4v) is 4.13. The van der Waals surface area contributed by atoms with E-state index in [0.717, 1.165) is 22.6 Å². The first-order valence-electron chi connectivity index (χ1n) is 9.29. The van der Waals surface area contributed by atoms with Crippen LogP contribution in [0.4, 0.5) is 21.0 Å². The van der Waals surface area contributed by atoms with Gasteiger partial charge >= 0.3 is 12.1 Å². The molecule has 0 saturated carbocycles. The van der Waals surface area contributed by atoms with E-state index in [-0.39, 0.29) is 12.1 Å². The largest absolute Gasteiger partial charge is 0.444 e. The zero-order valence-electron chi connectivity index (χ0n) is 16.5. The molecule has 1 aliphatic rings. The highest BCUT2D eigenvalue weighted by Gasteiger charge is 2.24. The summed E-state index contributed by atoms with van der Waals surface area (Å²) in [5, 5.41) is 9.20. The van der Waals surface area contributed by atoms with Crippen LogP contribution in [0.2, 0.25) is 5.02 Å². The molecule has 0 fully saturated rings. The lowest BCUT2D eigenvalue weighted by molar-refractivity contribution is 0.0636. The van der Waals surface area contributed by atoms with Crippen molar-refractivity contribution in [1.82, 2.24) is 5.32 Å². The van der Waals surface area contributed by atoms with Crippen molar-refractivity contribution in [2.75, 3.05) is 16.4 Å². The zero-order chi connectivity index (χ0) is 21.0. The predicted octanol–water partition coefficient (Wildman–Crippen LogP) is 6.05. The minimum Gasteiger partial charge on any atom is -0.444 e. The first-order chi connectivity index (χ1) is 13.7. The van der Waals surface area contributed by atoms with Crippen molar-refractivity contribution in [1.29, 1.82) is 0 Å². The van der Waals surface area contributed by atoms with Crippen molar-refractivity contribution in [2.24, 2.45) is 0 Å². The summed E-state index contributed by atoms with van der Waals surface area (Å²) < 4.78 is 5.31. The average molecular weight is 434 g/mol. The molecule has 0 unspecified atom stereocenters. The quantitative estimate of drug-likeness (QED) is 0.550. The molecule has 0 radical (unpaired) electrons. The van der Waals surface area contributed by atoms with Crippen LogP contribution in [0.15, 0.2) is 47.4 Å². The van der Waals surface area contributed by atoms with E-state index in [9.17, 15) is 9.59 Å². The molecule has 29 heavy (non-hydrogen) atoms. The van der Waals surface area contributed by atoms with Gasteiger partial charge < -0.3 is 15.4 Å². The molecule has 8 heteroatoms. The van der Waals surface area contributed by atoms with E-state index < -0.39 is 11.7 Å². The van der Waals surface area contributed by atoms with E-state index in [1.165, 1.54) is 0 Å². The van der Waals surface area contributed by atoms with Gasteiger partial charge in [-0.1, -0.05) is 11.6 Å². The normalized spacial score (nSPS) is 15.8. The first kappa shape index (κ1) is 21.3. The molecule has 154 valence electrons. The molecule has 1 heterocycles. The average Bonchev–Trinajstić information content (AvgIpc) is 2.62. The molecule has 0 bridgehead atoms. The van der Waals surface area contributed by atoms with Gasteiger partial charge in [-0.15, -0.1) is 11.8 Å². The number of rotatable bonds is 3. The van der Waals surface area contributed by atoms with Crippen LogP contribution in [0.25, 0.3) is 0 Å². The van der Waals surface area contributed by atoms with Gasteiger partial charge in [-0.25, -0.2) is 9.59 Å². The fraction of sp³-hybridized carbons (Fsp3) is 0.333. The van der Waals surface area contributed by atoms with Crippen LogP contribution in [-0.2, 0) is 4.74 Å². The number of nitrogens with one attached hydrogen (secondary N) is 3. The summed E-state index contributed by atoms with van der Waals surface area (Å²) in [6.07, 6.45) is 0.285. The highest BCUT2D eigenvalue weighted by atomic mass is 35.5. The van der Waals surface area contributed by atoms with Crippen LogP contribution in [0, 0.1) is 0 Å². The number of thioether (sulfide) groups is 1. The Morgan fingerprint density at radius 2 is 1.76 bits per heavy atom. The number of carbonyl (C=O) groups is 2. The number of hydrogen-bond donors (Lipinski definition) is 3. The van der Waals surface area contributed by atoms with Crippen LogP contribution >= 0.6 is 23.4 Å². The van der Waals surface area contributed by atoms with Gasteiger partial charge in [0.25, 0.3) is 0 Å². The molecule has 2 aromatic carbocycles. The summed E-state index contributed by atoms with van der Waals surface area (Å²) in [5.41, 5.74) is 1.70. The Morgan fingerprint density at radius 1 is 1.07 bits per heavy atom. The molecule has 2 aromatic rings. The van der Waals surface area contributed by atoms with E-state index in [2.05, 4.69) is 16.0 Å². The summed E-state index contributed by atoms with van der Waals surface area (Å²) in [5.74, 6) is 0.901. The van der Waals surface area contributed by atoms with Gasteiger partial charge in [-0.3, -0.25) is 5.32 Å². The molecule has 0 spiro atoms. The molecule has 3 N–H and O–H groups in total. The molecule has 1 aliphatic heterocycles. The van der Waals surface area contributed by atoms with Crippen LogP contribution < -0.4 is 16.0 Å². The summed E-state index contributed by atoms with van der Waals surface area (Å²) in [6.45, 7) is 5.44. The Morgan fingerprint density at radius 3 is 2.45 bits per heavy atom. The first-order valence-corrected chi connectivity index (χ1v) is 10.7. The number of hydrogen-bond acceptors (Lipinski definition) is 4. The van der Waals surface area contributed by atoms with Gasteiger partial charge in [0.1, 0.15) is 5.60 Å². The second kappa shape index (κ2) is 8.97. The molecular formula is C21H24ClN3O3S. The van der Waals surface area contributed by atoms with E-state index >= 15 is 0 Å². The maximum atomic E-state index is 12.4. The van der Waals surface area contributed by atoms with Gasteiger partial charge in [-0.2, -0.15) is 0 Å². The van der Waals surface area contributed by atoms with Gasteiger partial charge in [0.2, 0.25) is 0 Å². The van der Waals surface area contributed by atoms with Crippen molar-refractivity contribution >= 4 is 46.9 Å². The molecular weight excluding hydrogens is 410 g/mol. The molecule has 6 nitrogen and oxygen atoms in total. The number of carbonyl (C=O) groups excluding carboxylic acids is 2. The van der Waals surface area contributed by atoms with Crippen LogP contribution in [-0.4, -0.2) is 23.5 Å². The minimum absolute atomic E-state index is 0.154. The lowest BCUT2D eigenvalue weighted by Crippen LogP contribution is -2.34. The predicted molar refractivity (Wildman–Crippen MR) is 118 cm³/mol. The van der Waals surface area contributed by atoms with E-state index in [4.69, 9.17) is 16.3 Å². The molecule has 1 atom stereocenters. The standard InChI is InChI=1S/C21H24ClN3O3S/c1-21(2,3)28-20(27)24-15-8-9-18-16(12-15)17(10-11-29-18)25-19(26)23-14-6-4-13(22)5-7-14/h4-9,12,17H,10-11H2,1-3H3,(H,24,27)(H2,23,25,26)/t17-/m1/s1. The van der Waals surface area contributed by atoms with Gasteiger partial charge in [0.15, 0.2) is 0 Å². The summed E-state index contributed by atoms with van der Waals surface area (Å²) in [6, 6.07) is 12.2. The Labute approximate surface area is 179 Å². The second-order valence-corrected chi connectivity index (χ2v) is 9.25. The molecule has 3 amide bonds. The van der Waals surface area contributed by atoms with Crippen molar-refractivity contribution in [3.63, 3.8) is 0 Å². The van der Waals surface area contributed by atoms with Crippen molar-refractivity contribution in [3.8, 4) is 0 Å². The summed E-state index contributed by atoms with van der Waals surface area (Å²) in [4.78, 5) is 25.6. The third kappa shape index (κ3) is 6.30. The van der Waals surface area contributed by atoms with Crippen LogP contribution in [0.3, 0.4) is 0 Å². The van der Waals surface area contributed by atoms with Crippen molar-refractivity contribution < 1.29 is 14.3 Å². The number of urea groups is 1. The number of amides is 3. The minimum atomic E-state index is -0.571. The Kier molecular flexibility index (Phi) is 6.59. The number of benzene rings is 2. The Hall–Kier alpha value is -2.38. The molecule has 0 aliphatic carbocycles. The monoisotopic (exact) mass is 433 g/mol. The molecule has 0 saturated heterocycles.